The molecule has 0 atom stereocenters. The molecule has 220 valence electrons. The van der Waals surface area contributed by atoms with Crippen LogP contribution in [-0.2, 0) is 20.8 Å². The van der Waals surface area contributed by atoms with Crippen molar-refractivity contribution in [3.63, 3.8) is 0 Å². The molecule has 1 aromatic heterocycles. The lowest BCUT2D eigenvalue weighted by molar-refractivity contribution is -0.124. The summed E-state index contributed by atoms with van der Waals surface area (Å²) in [7, 11) is 3.16. The van der Waals surface area contributed by atoms with Gasteiger partial charge in [0.25, 0.3) is 5.92 Å². The molecule has 10 heteroatoms. The Hall–Kier alpha value is -2.40. The van der Waals surface area contributed by atoms with Gasteiger partial charge in [0, 0.05) is 43.5 Å². The number of hydrogen-bond donors (Lipinski definition) is 0. The molecule has 0 spiro atoms. The molecule has 0 unspecified atom stereocenters. The van der Waals surface area contributed by atoms with Crippen LogP contribution < -0.4 is 9.64 Å². The maximum absolute atomic E-state index is 13.9. The van der Waals surface area contributed by atoms with Gasteiger partial charge in [-0.2, -0.15) is 0 Å². The average Bonchev–Trinajstić information content (AvgIpc) is 3.35. The Kier molecular flexibility index (Phi) is 10.7. The standard InChI is InChI=1S/C30H40F2N2O5S/c1-21-5-7-22(8-6-21)29(36)34(24(18-37-2)19-38-3)27-11-9-25(15-23(27)17-35)39-28-12-10-26(40-28)16-33-14-4-13-30(31,32)20-33/h9-12,15,17,21-22,24H,4-8,13-14,16,18-20H2,1-3H3. The van der Waals surface area contributed by atoms with Crippen LogP contribution in [0.3, 0.4) is 0 Å². The molecule has 2 aliphatic rings. The third-order valence-electron chi connectivity index (χ3n) is 7.78. The summed E-state index contributed by atoms with van der Waals surface area (Å²) in [5.74, 6) is -1.72. The molecule has 1 amide bonds. The van der Waals surface area contributed by atoms with Crippen LogP contribution >= 0.6 is 11.3 Å². The van der Waals surface area contributed by atoms with Gasteiger partial charge in [-0.3, -0.25) is 14.5 Å². The highest BCUT2D eigenvalue weighted by molar-refractivity contribution is 7.13. The molecular weight excluding hydrogens is 538 g/mol. The predicted molar refractivity (Wildman–Crippen MR) is 152 cm³/mol. The van der Waals surface area contributed by atoms with E-state index >= 15 is 0 Å². The fourth-order valence-corrected chi connectivity index (χ4v) is 6.62. The number of carbonyl (C=O) groups excluding carboxylic acids is 2. The largest absolute Gasteiger partial charge is 0.447 e. The number of ether oxygens (including phenoxy) is 3. The number of likely N-dealkylation sites (tertiary alicyclic amines) is 1. The van der Waals surface area contributed by atoms with E-state index in [1.165, 1.54) is 11.3 Å². The second-order valence-corrected chi connectivity index (χ2v) is 12.2. The third-order valence-corrected chi connectivity index (χ3v) is 8.73. The first-order chi connectivity index (χ1) is 19.2. The number of benzene rings is 1. The van der Waals surface area contributed by atoms with E-state index in [-0.39, 0.29) is 38.0 Å². The Bertz CT molecular complexity index is 1130. The molecule has 2 heterocycles. The average molecular weight is 579 g/mol. The summed E-state index contributed by atoms with van der Waals surface area (Å²) < 4.78 is 44.5. The summed E-state index contributed by atoms with van der Waals surface area (Å²) in [6.07, 6.45) is 4.79. The van der Waals surface area contributed by atoms with E-state index in [1.807, 2.05) is 12.1 Å². The van der Waals surface area contributed by atoms with Crippen molar-refractivity contribution in [3.05, 3.63) is 40.8 Å². The van der Waals surface area contributed by atoms with E-state index in [2.05, 4.69) is 6.92 Å². The van der Waals surface area contributed by atoms with E-state index in [0.717, 1.165) is 36.8 Å². The van der Waals surface area contributed by atoms with Crippen LogP contribution in [0.15, 0.2) is 30.3 Å². The third kappa shape index (κ3) is 7.87. The number of piperidine rings is 1. The molecule has 40 heavy (non-hydrogen) atoms. The van der Waals surface area contributed by atoms with E-state index in [0.29, 0.717) is 47.5 Å². The summed E-state index contributed by atoms with van der Waals surface area (Å²) in [5.41, 5.74) is 0.836. The number of rotatable bonds is 12. The Labute approximate surface area is 239 Å². The summed E-state index contributed by atoms with van der Waals surface area (Å²) in [4.78, 5) is 30.5. The second-order valence-electron chi connectivity index (χ2n) is 11.1. The number of thiophene rings is 1. The smallest absolute Gasteiger partial charge is 0.260 e. The van der Waals surface area contributed by atoms with E-state index in [9.17, 15) is 18.4 Å². The minimum Gasteiger partial charge on any atom is -0.447 e. The van der Waals surface area contributed by atoms with E-state index in [4.69, 9.17) is 14.2 Å². The number of nitrogens with zero attached hydrogens (tertiary/aromatic N) is 2. The number of methoxy groups -OCH3 is 2. The van der Waals surface area contributed by atoms with Crippen LogP contribution in [0.1, 0.15) is 60.7 Å². The molecular formula is C30H40F2N2O5S. The van der Waals surface area contributed by atoms with Gasteiger partial charge in [-0.1, -0.05) is 6.92 Å². The van der Waals surface area contributed by atoms with Crippen LogP contribution in [0.4, 0.5) is 14.5 Å². The SMILES string of the molecule is COCC(COC)N(C(=O)C1CCC(C)CC1)c1ccc(Oc2ccc(CN3CCCC(F)(F)C3)s2)cc1C=O. The molecule has 1 aliphatic carbocycles. The predicted octanol–water partition coefficient (Wildman–Crippen LogP) is 6.40. The lowest BCUT2D eigenvalue weighted by Gasteiger charge is -2.36. The maximum atomic E-state index is 13.9. The summed E-state index contributed by atoms with van der Waals surface area (Å²) in [6.45, 7) is 3.60. The fourth-order valence-electron chi connectivity index (χ4n) is 5.71. The van der Waals surface area contributed by atoms with Gasteiger partial charge < -0.3 is 19.1 Å². The van der Waals surface area contributed by atoms with Crippen molar-refractivity contribution in [2.24, 2.45) is 11.8 Å². The van der Waals surface area contributed by atoms with Gasteiger partial charge in [0.05, 0.1) is 31.5 Å². The van der Waals surface area contributed by atoms with Gasteiger partial charge in [-0.25, -0.2) is 8.78 Å². The molecule has 0 bridgehead atoms. The van der Waals surface area contributed by atoms with Gasteiger partial charge in [0.1, 0.15) is 5.75 Å². The molecule has 1 aromatic carbocycles. The quantitative estimate of drug-likeness (QED) is 0.272. The number of hydrogen-bond acceptors (Lipinski definition) is 7. The highest BCUT2D eigenvalue weighted by Crippen LogP contribution is 2.36. The number of anilines is 1. The van der Waals surface area contributed by atoms with Gasteiger partial charge in [0.2, 0.25) is 5.91 Å². The highest BCUT2D eigenvalue weighted by Gasteiger charge is 2.36. The molecule has 0 radical (unpaired) electrons. The van der Waals surface area contributed by atoms with Crippen molar-refractivity contribution in [2.75, 3.05) is 45.4 Å². The Morgan fingerprint density at radius 3 is 2.52 bits per heavy atom. The van der Waals surface area contributed by atoms with Crippen LogP contribution in [-0.4, -0.2) is 69.6 Å². The lowest BCUT2D eigenvalue weighted by atomic mass is 9.82. The van der Waals surface area contributed by atoms with Crippen LogP contribution in [0.5, 0.6) is 10.8 Å². The minimum atomic E-state index is -2.64. The van der Waals surface area contributed by atoms with Crippen LogP contribution in [0.25, 0.3) is 0 Å². The number of carbonyl (C=O) groups is 2. The Balaban J connectivity index is 1.53. The zero-order chi connectivity index (χ0) is 28.7. The summed E-state index contributed by atoms with van der Waals surface area (Å²) in [5, 5.41) is 0.601. The normalized spacial score (nSPS) is 21.4. The number of halogens is 2. The van der Waals surface area contributed by atoms with E-state index in [1.54, 1.807) is 42.2 Å². The molecule has 7 nitrogen and oxygen atoms in total. The molecule has 0 N–H and O–H groups in total. The maximum Gasteiger partial charge on any atom is 0.260 e. The minimum absolute atomic E-state index is 0.0195. The van der Waals surface area contributed by atoms with Gasteiger partial charge in [-0.15, -0.1) is 11.3 Å². The number of amides is 1. The molecule has 1 saturated heterocycles. The zero-order valence-corrected chi connectivity index (χ0v) is 24.4. The molecule has 2 fully saturated rings. The van der Waals surface area contributed by atoms with Crippen molar-refractivity contribution >= 4 is 29.2 Å². The van der Waals surface area contributed by atoms with Crippen molar-refractivity contribution in [1.82, 2.24) is 4.90 Å². The molecule has 4 rings (SSSR count). The second kappa shape index (κ2) is 14.0. The van der Waals surface area contributed by atoms with Crippen LogP contribution in [0, 0.1) is 11.8 Å². The number of alkyl halides is 2. The Morgan fingerprint density at radius 1 is 1.15 bits per heavy atom. The highest BCUT2D eigenvalue weighted by atomic mass is 32.1. The Morgan fingerprint density at radius 2 is 1.88 bits per heavy atom. The number of aldehydes is 1. The summed E-state index contributed by atoms with van der Waals surface area (Å²) in [6, 6.07) is 8.41. The first-order valence-electron chi connectivity index (χ1n) is 14.0. The van der Waals surface area contributed by atoms with E-state index < -0.39 is 12.0 Å². The van der Waals surface area contributed by atoms with Crippen molar-refractivity contribution in [1.29, 1.82) is 0 Å². The lowest BCUT2D eigenvalue weighted by Crippen LogP contribution is -2.49. The van der Waals surface area contributed by atoms with Crippen molar-refractivity contribution in [2.45, 2.75) is 64.0 Å². The van der Waals surface area contributed by atoms with Crippen molar-refractivity contribution < 1.29 is 32.6 Å². The zero-order valence-electron chi connectivity index (χ0n) is 23.6. The van der Waals surface area contributed by atoms with Gasteiger partial charge >= 0.3 is 0 Å². The first kappa shape index (κ1) is 30.6. The fraction of sp³-hybridized carbons (Fsp3) is 0.600. The van der Waals surface area contributed by atoms with Gasteiger partial charge in [-0.05, 0) is 74.9 Å². The first-order valence-corrected chi connectivity index (χ1v) is 14.8. The van der Waals surface area contributed by atoms with Crippen LogP contribution in [0.2, 0.25) is 0 Å². The topological polar surface area (TPSA) is 68.3 Å². The monoisotopic (exact) mass is 578 g/mol. The molecule has 1 aliphatic heterocycles. The van der Waals surface area contributed by atoms with Gasteiger partial charge in [0.15, 0.2) is 11.3 Å². The summed E-state index contributed by atoms with van der Waals surface area (Å²) >= 11 is 1.39. The molecule has 2 aromatic rings. The molecule has 1 saturated carbocycles. The van der Waals surface area contributed by atoms with Crippen molar-refractivity contribution in [3.8, 4) is 10.8 Å².